The SMILES string of the molecule is CC(C)CC1NC(=O)C2(CCN(CCCCCc3ccccc3)CC2)N(C2CCN(Cc3ccccc3)C2)C1=O. The molecule has 40 heavy (non-hydrogen) atoms. The molecule has 3 aliphatic rings. The van der Waals surface area contributed by atoms with Crippen molar-refractivity contribution in [2.75, 3.05) is 32.7 Å². The second kappa shape index (κ2) is 13.3. The molecule has 2 aromatic carbocycles. The molecule has 3 aliphatic heterocycles. The molecule has 1 spiro atoms. The highest BCUT2D eigenvalue weighted by atomic mass is 16.2. The Kier molecular flexibility index (Phi) is 9.59. The predicted octanol–water partition coefficient (Wildman–Crippen LogP) is 4.88. The third-order valence-corrected chi connectivity index (χ3v) is 9.26. The summed E-state index contributed by atoms with van der Waals surface area (Å²) in [6, 6.07) is 21.0. The van der Waals surface area contributed by atoms with Crippen molar-refractivity contribution in [1.29, 1.82) is 0 Å². The average molecular weight is 545 g/mol. The van der Waals surface area contributed by atoms with Crippen LogP contribution in [0.4, 0.5) is 0 Å². The van der Waals surface area contributed by atoms with E-state index in [1.54, 1.807) is 0 Å². The summed E-state index contributed by atoms with van der Waals surface area (Å²) in [6.07, 6.45) is 7.86. The number of amides is 2. The van der Waals surface area contributed by atoms with E-state index in [9.17, 15) is 9.59 Å². The molecule has 0 aromatic heterocycles. The normalized spacial score (nSPS) is 23.7. The van der Waals surface area contributed by atoms with Gasteiger partial charge in [0.1, 0.15) is 11.6 Å². The number of carbonyl (C=O) groups excluding carboxylic acids is 2. The topological polar surface area (TPSA) is 55.9 Å². The zero-order valence-corrected chi connectivity index (χ0v) is 24.6. The lowest BCUT2D eigenvalue weighted by molar-refractivity contribution is -0.165. The molecule has 0 bridgehead atoms. The highest BCUT2D eigenvalue weighted by molar-refractivity contribution is 6.00. The second-order valence-corrected chi connectivity index (χ2v) is 12.7. The number of aryl methyl sites for hydroxylation is 1. The van der Waals surface area contributed by atoms with Gasteiger partial charge >= 0.3 is 0 Å². The van der Waals surface area contributed by atoms with Crippen molar-refractivity contribution in [3.05, 3.63) is 71.8 Å². The Balaban J connectivity index is 1.20. The lowest BCUT2D eigenvalue weighted by Gasteiger charge is -2.54. The molecule has 6 nitrogen and oxygen atoms in total. The summed E-state index contributed by atoms with van der Waals surface area (Å²) in [5, 5.41) is 3.19. The van der Waals surface area contributed by atoms with Crippen LogP contribution in [0.3, 0.4) is 0 Å². The van der Waals surface area contributed by atoms with Crippen molar-refractivity contribution in [3.8, 4) is 0 Å². The summed E-state index contributed by atoms with van der Waals surface area (Å²) >= 11 is 0. The van der Waals surface area contributed by atoms with Gasteiger partial charge in [-0.1, -0.05) is 80.9 Å². The predicted molar refractivity (Wildman–Crippen MR) is 161 cm³/mol. The zero-order valence-electron chi connectivity index (χ0n) is 24.6. The van der Waals surface area contributed by atoms with Crippen molar-refractivity contribution in [1.82, 2.24) is 20.0 Å². The zero-order chi connectivity index (χ0) is 28.0. The Morgan fingerprint density at radius 1 is 0.850 bits per heavy atom. The van der Waals surface area contributed by atoms with Gasteiger partial charge < -0.3 is 15.1 Å². The number of likely N-dealkylation sites (tertiary alicyclic amines) is 2. The molecule has 1 N–H and O–H groups in total. The van der Waals surface area contributed by atoms with Gasteiger partial charge in [0.2, 0.25) is 11.8 Å². The number of unbranched alkanes of at least 4 members (excludes halogenated alkanes) is 2. The third kappa shape index (κ3) is 6.77. The maximum Gasteiger partial charge on any atom is 0.246 e. The first-order valence-electron chi connectivity index (χ1n) is 15.6. The number of nitrogens with zero attached hydrogens (tertiary/aromatic N) is 3. The van der Waals surface area contributed by atoms with Gasteiger partial charge in [-0.25, -0.2) is 0 Å². The first-order chi connectivity index (χ1) is 19.4. The molecular formula is C34H48N4O2. The number of rotatable bonds is 11. The average Bonchev–Trinajstić information content (AvgIpc) is 3.41. The van der Waals surface area contributed by atoms with E-state index in [0.29, 0.717) is 12.3 Å². The van der Waals surface area contributed by atoms with Gasteiger partial charge in [-0.15, -0.1) is 0 Å². The number of benzene rings is 2. The molecule has 2 amide bonds. The molecule has 3 heterocycles. The van der Waals surface area contributed by atoms with Crippen LogP contribution >= 0.6 is 0 Å². The largest absolute Gasteiger partial charge is 0.342 e. The number of nitrogens with one attached hydrogen (secondary N) is 1. The molecule has 5 rings (SSSR count). The highest BCUT2D eigenvalue weighted by Gasteiger charge is 2.56. The lowest BCUT2D eigenvalue weighted by atomic mass is 9.79. The van der Waals surface area contributed by atoms with E-state index in [1.165, 1.54) is 30.4 Å². The molecule has 2 unspecified atom stereocenters. The van der Waals surface area contributed by atoms with Gasteiger partial charge in [-0.2, -0.15) is 0 Å². The fraction of sp³-hybridized carbons (Fsp3) is 0.588. The van der Waals surface area contributed by atoms with Crippen LogP contribution in [-0.4, -0.2) is 76.9 Å². The van der Waals surface area contributed by atoms with Crippen LogP contribution in [-0.2, 0) is 22.6 Å². The first kappa shape index (κ1) is 28.8. The Hall–Kier alpha value is -2.70. The maximum atomic E-state index is 14.1. The van der Waals surface area contributed by atoms with Crippen LogP contribution in [0.2, 0.25) is 0 Å². The van der Waals surface area contributed by atoms with E-state index in [-0.39, 0.29) is 17.9 Å². The summed E-state index contributed by atoms with van der Waals surface area (Å²) in [5.41, 5.74) is 2.01. The fourth-order valence-electron chi connectivity index (χ4n) is 7.11. The van der Waals surface area contributed by atoms with Crippen molar-refractivity contribution in [2.24, 2.45) is 5.92 Å². The van der Waals surface area contributed by atoms with Crippen LogP contribution in [0.1, 0.15) is 69.9 Å². The maximum absolute atomic E-state index is 14.1. The summed E-state index contributed by atoms with van der Waals surface area (Å²) < 4.78 is 0. The van der Waals surface area contributed by atoms with E-state index >= 15 is 0 Å². The van der Waals surface area contributed by atoms with Crippen molar-refractivity contribution < 1.29 is 9.59 Å². The highest BCUT2D eigenvalue weighted by Crippen LogP contribution is 2.38. The minimum Gasteiger partial charge on any atom is -0.342 e. The molecule has 3 fully saturated rings. The standard InChI is InChI=1S/C34H48N4O2/c1-27(2)24-31-32(39)38(30-17-21-37(26-30)25-29-15-8-4-9-16-29)34(33(40)35-31)18-22-36(23-19-34)20-11-5-10-14-28-12-6-3-7-13-28/h3-4,6-9,12-13,15-16,27,30-31H,5,10-11,14,17-26H2,1-2H3,(H,35,40). The Bertz CT molecular complexity index is 1100. The van der Waals surface area contributed by atoms with Crippen LogP contribution in [0.15, 0.2) is 60.7 Å². The second-order valence-electron chi connectivity index (χ2n) is 12.7. The number of piperazine rings is 1. The molecule has 0 saturated carbocycles. The van der Waals surface area contributed by atoms with Crippen LogP contribution in [0, 0.1) is 5.92 Å². The molecule has 3 saturated heterocycles. The molecule has 0 aliphatic carbocycles. The lowest BCUT2D eigenvalue weighted by Crippen LogP contribution is -2.75. The first-order valence-corrected chi connectivity index (χ1v) is 15.6. The van der Waals surface area contributed by atoms with Crippen molar-refractivity contribution >= 4 is 11.8 Å². The van der Waals surface area contributed by atoms with Gasteiger partial charge in [0.15, 0.2) is 0 Å². The minimum absolute atomic E-state index is 0.0850. The Morgan fingerprint density at radius 3 is 2.20 bits per heavy atom. The number of piperidine rings is 1. The Labute approximate surface area is 241 Å². The van der Waals surface area contributed by atoms with Gasteiger partial charge in [-0.3, -0.25) is 14.5 Å². The van der Waals surface area contributed by atoms with E-state index in [4.69, 9.17) is 0 Å². The van der Waals surface area contributed by atoms with Gasteiger partial charge in [0, 0.05) is 38.8 Å². The number of carbonyl (C=O) groups is 2. The summed E-state index contributed by atoms with van der Waals surface area (Å²) in [4.78, 5) is 35.0. The fourth-order valence-corrected chi connectivity index (χ4v) is 7.11. The van der Waals surface area contributed by atoms with Crippen LogP contribution in [0.25, 0.3) is 0 Å². The summed E-state index contributed by atoms with van der Waals surface area (Å²) in [6.45, 7) is 9.79. The summed E-state index contributed by atoms with van der Waals surface area (Å²) in [7, 11) is 0. The molecule has 2 aromatic rings. The number of hydrogen-bond donors (Lipinski definition) is 1. The van der Waals surface area contributed by atoms with Gasteiger partial charge in [0.05, 0.1) is 0 Å². The third-order valence-electron chi connectivity index (χ3n) is 9.26. The van der Waals surface area contributed by atoms with Crippen LogP contribution < -0.4 is 5.32 Å². The monoisotopic (exact) mass is 544 g/mol. The quantitative estimate of drug-likeness (QED) is 0.410. The summed E-state index contributed by atoms with van der Waals surface area (Å²) in [5.74, 6) is 0.586. The Morgan fingerprint density at radius 2 is 1.52 bits per heavy atom. The van der Waals surface area contributed by atoms with E-state index < -0.39 is 11.6 Å². The van der Waals surface area contributed by atoms with Crippen molar-refractivity contribution in [2.45, 2.75) is 89.4 Å². The van der Waals surface area contributed by atoms with E-state index in [0.717, 1.165) is 65.0 Å². The minimum atomic E-state index is -0.707. The number of hydrogen-bond acceptors (Lipinski definition) is 4. The van der Waals surface area contributed by atoms with E-state index in [1.807, 2.05) is 0 Å². The van der Waals surface area contributed by atoms with Gasteiger partial charge in [0.25, 0.3) is 0 Å². The van der Waals surface area contributed by atoms with E-state index in [2.05, 4.69) is 94.5 Å². The van der Waals surface area contributed by atoms with Gasteiger partial charge in [-0.05, 0) is 68.5 Å². The molecule has 0 radical (unpaired) electrons. The molecule has 216 valence electrons. The van der Waals surface area contributed by atoms with Crippen LogP contribution in [0.5, 0.6) is 0 Å². The molecule has 2 atom stereocenters. The molecular weight excluding hydrogens is 496 g/mol. The smallest absolute Gasteiger partial charge is 0.246 e. The molecule has 6 heteroatoms. The van der Waals surface area contributed by atoms with Crippen molar-refractivity contribution in [3.63, 3.8) is 0 Å².